The second-order valence-corrected chi connectivity index (χ2v) is 10.1. The Hall–Kier alpha value is -3.03. The van der Waals surface area contributed by atoms with Gasteiger partial charge in [0.05, 0.1) is 20.1 Å². The maximum atomic E-state index is 12.7. The molecule has 33 heavy (non-hydrogen) atoms. The van der Waals surface area contributed by atoms with E-state index in [0.29, 0.717) is 0 Å². The van der Waals surface area contributed by atoms with E-state index in [1.807, 2.05) is 0 Å². The number of rotatable bonds is 7. The molecule has 0 radical (unpaired) electrons. The molecule has 13 heteroatoms. The maximum Gasteiger partial charge on any atom is 0.348 e. The summed E-state index contributed by atoms with van der Waals surface area (Å²) in [6, 6.07) is 3.01. The minimum absolute atomic E-state index is 0.0422. The van der Waals surface area contributed by atoms with Crippen LogP contribution in [0.5, 0.6) is 0 Å². The lowest BCUT2D eigenvalue weighted by atomic mass is 9.98. The molecule has 0 aromatic carbocycles. The first kappa shape index (κ1) is 24.6. The van der Waals surface area contributed by atoms with Crippen LogP contribution in [0.1, 0.15) is 38.4 Å². The Kier molecular flexibility index (Phi) is 7.66. The van der Waals surface area contributed by atoms with Gasteiger partial charge in [-0.05, 0) is 25.0 Å². The van der Waals surface area contributed by atoms with Crippen LogP contribution >= 0.6 is 11.3 Å². The lowest BCUT2D eigenvalue weighted by molar-refractivity contribution is -0.151. The molecule has 1 aliphatic rings. The summed E-state index contributed by atoms with van der Waals surface area (Å²) in [5.41, 5.74) is 5.93. The maximum absolute atomic E-state index is 12.7. The molecule has 2 aromatic rings. The van der Waals surface area contributed by atoms with E-state index in [2.05, 4.69) is 4.98 Å². The number of nitrogen functional groups attached to an aromatic ring is 1. The molecular weight excluding hydrogens is 474 g/mol. The third-order valence-corrected chi connectivity index (χ3v) is 8.14. The molecule has 2 aromatic heterocycles. The molecule has 3 rings (SSSR count). The summed E-state index contributed by atoms with van der Waals surface area (Å²) in [7, 11) is -1.35. The van der Waals surface area contributed by atoms with E-state index in [4.69, 9.17) is 19.9 Å². The van der Waals surface area contributed by atoms with Crippen LogP contribution < -0.4 is 5.73 Å². The molecule has 0 saturated carbocycles. The zero-order valence-corrected chi connectivity index (χ0v) is 19.6. The number of nitrogens with zero attached hydrogens (tertiary/aromatic N) is 2. The van der Waals surface area contributed by atoms with Gasteiger partial charge in [-0.3, -0.25) is 9.78 Å². The van der Waals surface area contributed by atoms with Crippen molar-refractivity contribution in [3.63, 3.8) is 0 Å². The molecular formula is C20H23N3O8S2. The third kappa shape index (κ3) is 5.15. The van der Waals surface area contributed by atoms with Crippen molar-refractivity contribution in [1.82, 2.24) is 9.29 Å². The van der Waals surface area contributed by atoms with Crippen molar-refractivity contribution in [2.45, 2.75) is 24.3 Å². The molecule has 178 valence electrons. The lowest BCUT2D eigenvalue weighted by Gasteiger charge is -2.30. The van der Waals surface area contributed by atoms with E-state index >= 15 is 0 Å². The minimum Gasteiger partial charge on any atom is -0.465 e. The number of carbonyl (C=O) groups is 3. The van der Waals surface area contributed by atoms with Crippen molar-refractivity contribution in [2.24, 2.45) is 5.92 Å². The van der Waals surface area contributed by atoms with E-state index in [0.717, 1.165) is 11.3 Å². The Balaban J connectivity index is 1.67. The smallest absolute Gasteiger partial charge is 0.348 e. The van der Waals surface area contributed by atoms with Crippen LogP contribution in [-0.2, 0) is 35.6 Å². The average molecular weight is 498 g/mol. The second kappa shape index (κ2) is 10.3. The highest BCUT2D eigenvalue weighted by Gasteiger charge is 2.34. The van der Waals surface area contributed by atoms with Gasteiger partial charge in [-0.15, -0.1) is 11.3 Å². The summed E-state index contributed by atoms with van der Waals surface area (Å²) in [5, 5.41) is 0.0437. The number of pyridine rings is 1. The van der Waals surface area contributed by atoms with Crippen LogP contribution in [0.15, 0.2) is 29.4 Å². The Morgan fingerprint density at radius 3 is 2.42 bits per heavy atom. The average Bonchev–Trinajstić information content (AvgIpc) is 3.18. The van der Waals surface area contributed by atoms with Gasteiger partial charge in [0, 0.05) is 31.0 Å². The predicted octanol–water partition coefficient (Wildman–Crippen LogP) is 1.44. The number of hydrogen-bond acceptors (Lipinski definition) is 11. The quantitative estimate of drug-likeness (QED) is 0.439. The molecule has 11 nitrogen and oxygen atoms in total. The van der Waals surface area contributed by atoms with Gasteiger partial charge >= 0.3 is 17.9 Å². The zero-order valence-electron chi connectivity index (χ0n) is 18.0. The number of piperidine rings is 1. The van der Waals surface area contributed by atoms with Crippen molar-refractivity contribution >= 4 is 44.3 Å². The SMILES string of the molecule is COC(=O)c1sc(N)c(C(=O)OC)c1COC(=O)C1CCN(S(=O)(=O)c2cccnc2)CC1. The van der Waals surface area contributed by atoms with Gasteiger partial charge in [0.1, 0.15) is 26.9 Å². The van der Waals surface area contributed by atoms with Crippen LogP contribution in [0, 0.1) is 5.92 Å². The number of ether oxygens (including phenoxy) is 3. The first-order valence-electron chi connectivity index (χ1n) is 9.85. The largest absolute Gasteiger partial charge is 0.465 e. The molecule has 0 spiro atoms. The molecule has 0 unspecified atom stereocenters. The summed E-state index contributed by atoms with van der Waals surface area (Å²) in [4.78, 5) is 40.8. The second-order valence-electron chi connectivity index (χ2n) is 7.11. The topological polar surface area (TPSA) is 155 Å². The molecule has 1 saturated heterocycles. The molecule has 3 heterocycles. The minimum atomic E-state index is -3.70. The first-order valence-corrected chi connectivity index (χ1v) is 12.1. The fourth-order valence-electron chi connectivity index (χ4n) is 3.45. The van der Waals surface area contributed by atoms with E-state index < -0.39 is 33.8 Å². The normalized spacial score (nSPS) is 15.1. The zero-order chi connectivity index (χ0) is 24.2. The Morgan fingerprint density at radius 1 is 1.18 bits per heavy atom. The van der Waals surface area contributed by atoms with E-state index in [-0.39, 0.29) is 58.4 Å². The third-order valence-electron chi connectivity index (χ3n) is 5.21. The van der Waals surface area contributed by atoms with Gasteiger partial charge in [0.15, 0.2) is 0 Å². The van der Waals surface area contributed by atoms with Gasteiger partial charge in [0.2, 0.25) is 10.0 Å². The molecule has 0 atom stereocenters. The number of anilines is 1. The van der Waals surface area contributed by atoms with E-state index in [9.17, 15) is 22.8 Å². The summed E-state index contributed by atoms with van der Waals surface area (Å²) in [5.74, 6) is -2.59. The van der Waals surface area contributed by atoms with Crippen LogP contribution in [0.3, 0.4) is 0 Å². The molecule has 2 N–H and O–H groups in total. The van der Waals surface area contributed by atoms with Gasteiger partial charge in [-0.2, -0.15) is 4.31 Å². The molecule has 0 bridgehead atoms. The van der Waals surface area contributed by atoms with Crippen molar-refractivity contribution in [1.29, 1.82) is 0 Å². The van der Waals surface area contributed by atoms with Crippen molar-refractivity contribution in [2.75, 3.05) is 33.0 Å². The van der Waals surface area contributed by atoms with E-state index in [1.165, 1.54) is 37.0 Å². The number of aromatic nitrogens is 1. The fraction of sp³-hybridized carbons (Fsp3) is 0.400. The number of methoxy groups -OCH3 is 2. The molecule has 0 aliphatic carbocycles. The number of esters is 3. The number of hydrogen-bond donors (Lipinski definition) is 1. The highest BCUT2D eigenvalue weighted by Crippen LogP contribution is 2.33. The van der Waals surface area contributed by atoms with Gasteiger partial charge in [0.25, 0.3) is 0 Å². The number of sulfonamides is 1. The predicted molar refractivity (Wildman–Crippen MR) is 117 cm³/mol. The van der Waals surface area contributed by atoms with Crippen LogP contribution in [-0.4, -0.2) is 62.9 Å². The first-order chi connectivity index (χ1) is 15.7. The summed E-state index contributed by atoms with van der Waals surface area (Å²) in [6.07, 6.45) is 3.29. The highest BCUT2D eigenvalue weighted by atomic mass is 32.2. The summed E-state index contributed by atoms with van der Waals surface area (Å²) >= 11 is 0.838. The van der Waals surface area contributed by atoms with Crippen molar-refractivity contribution in [3.8, 4) is 0 Å². The molecule has 1 aliphatic heterocycles. The van der Waals surface area contributed by atoms with Crippen LogP contribution in [0.4, 0.5) is 5.00 Å². The number of thiophene rings is 1. The Labute approximate surface area is 194 Å². The van der Waals surface area contributed by atoms with E-state index in [1.54, 1.807) is 6.07 Å². The summed E-state index contributed by atoms with van der Waals surface area (Å²) in [6.45, 7) is -0.0952. The highest BCUT2D eigenvalue weighted by molar-refractivity contribution is 7.89. The Bertz CT molecular complexity index is 1140. The van der Waals surface area contributed by atoms with Crippen molar-refractivity contribution < 1.29 is 37.0 Å². The fourth-order valence-corrected chi connectivity index (χ4v) is 5.86. The standard InChI is InChI=1S/C20H23N3O8S2/c1-29-19(25)15-14(16(20(26)30-2)32-17(15)21)11-31-18(24)12-5-8-23(9-6-12)33(27,28)13-4-3-7-22-10-13/h3-4,7,10,12H,5-6,8-9,11,21H2,1-2H3. The van der Waals surface area contributed by atoms with Crippen molar-refractivity contribution in [3.05, 3.63) is 40.5 Å². The van der Waals surface area contributed by atoms with Gasteiger partial charge in [-0.1, -0.05) is 0 Å². The van der Waals surface area contributed by atoms with Crippen LogP contribution in [0.25, 0.3) is 0 Å². The lowest BCUT2D eigenvalue weighted by Crippen LogP contribution is -2.40. The monoisotopic (exact) mass is 497 g/mol. The number of nitrogens with two attached hydrogens (primary N) is 1. The van der Waals surface area contributed by atoms with Gasteiger partial charge < -0.3 is 19.9 Å². The summed E-state index contributed by atoms with van der Waals surface area (Å²) < 4.78 is 41.5. The molecule has 0 amide bonds. The van der Waals surface area contributed by atoms with Crippen LogP contribution in [0.2, 0.25) is 0 Å². The van der Waals surface area contributed by atoms with Gasteiger partial charge in [-0.25, -0.2) is 18.0 Å². The Morgan fingerprint density at radius 2 is 1.85 bits per heavy atom. The number of carbonyl (C=O) groups excluding carboxylic acids is 3. The molecule has 1 fully saturated rings.